The first-order valence-corrected chi connectivity index (χ1v) is 5.11. The third-order valence-corrected chi connectivity index (χ3v) is 2.35. The van der Waals surface area contributed by atoms with E-state index in [4.69, 9.17) is 0 Å². The molecule has 1 unspecified atom stereocenters. The number of imidazole rings is 1. The van der Waals surface area contributed by atoms with Crippen molar-refractivity contribution in [2.45, 2.75) is 26.0 Å². The Labute approximate surface area is 92.7 Å². The predicted molar refractivity (Wildman–Crippen MR) is 55.4 cm³/mol. The first kappa shape index (κ1) is 10.7. The number of tetrazole rings is 1. The van der Waals surface area contributed by atoms with Gasteiger partial charge in [-0.15, -0.1) is 10.2 Å². The molecule has 0 aromatic carbocycles. The Morgan fingerprint density at radius 1 is 1.50 bits per heavy atom. The molecule has 0 radical (unpaired) electrons. The number of nitrogens with zero attached hydrogens (tertiary/aromatic N) is 6. The van der Waals surface area contributed by atoms with Crippen LogP contribution in [0.3, 0.4) is 0 Å². The molecule has 0 fully saturated rings. The molecule has 0 saturated heterocycles. The van der Waals surface area contributed by atoms with Gasteiger partial charge in [-0.05, 0) is 12.1 Å². The van der Waals surface area contributed by atoms with Gasteiger partial charge in [-0.2, -0.15) is 4.80 Å². The van der Waals surface area contributed by atoms with Crippen LogP contribution in [0.5, 0.6) is 0 Å². The van der Waals surface area contributed by atoms with Crippen LogP contribution in [0.1, 0.15) is 24.5 Å². The number of rotatable bonds is 4. The van der Waals surface area contributed by atoms with Crippen molar-refractivity contribution in [2.75, 3.05) is 0 Å². The van der Waals surface area contributed by atoms with E-state index in [-0.39, 0.29) is 0 Å². The van der Waals surface area contributed by atoms with E-state index in [1.165, 1.54) is 4.80 Å². The molecule has 1 N–H and O–H groups in total. The zero-order valence-electron chi connectivity index (χ0n) is 9.28. The Morgan fingerprint density at radius 2 is 2.31 bits per heavy atom. The fourth-order valence-electron chi connectivity index (χ4n) is 1.56. The van der Waals surface area contributed by atoms with Crippen molar-refractivity contribution in [3.8, 4) is 0 Å². The Morgan fingerprint density at radius 3 is 2.94 bits per heavy atom. The van der Waals surface area contributed by atoms with Crippen molar-refractivity contribution in [3.05, 3.63) is 24.0 Å². The maximum atomic E-state index is 10.0. The van der Waals surface area contributed by atoms with Gasteiger partial charge in [0.1, 0.15) is 6.10 Å². The molecule has 0 spiro atoms. The van der Waals surface area contributed by atoms with E-state index < -0.39 is 6.10 Å². The van der Waals surface area contributed by atoms with Gasteiger partial charge in [-0.3, -0.25) is 0 Å². The maximum absolute atomic E-state index is 10.0. The third-order valence-electron chi connectivity index (χ3n) is 2.35. The highest BCUT2D eigenvalue weighted by Gasteiger charge is 2.15. The second-order valence-electron chi connectivity index (χ2n) is 3.52. The number of hydrogen-bond acceptors (Lipinski definition) is 5. The molecule has 0 aliphatic rings. The summed E-state index contributed by atoms with van der Waals surface area (Å²) in [4.78, 5) is 5.38. The van der Waals surface area contributed by atoms with Gasteiger partial charge in [0, 0.05) is 13.0 Å². The van der Waals surface area contributed by atoms with Crippen LogP contribution in [0.25, 0.3) is 0 Å². The average Bonchev–Trinajstić information content (AvgIpc) is 2.86. The Balaban J connectivity index is 2.11. The largest absolute Gasteiger partial charge is 0.386 e. The van der Waals surface area contributed by atoms with Crippen LogP contribution in [0.15, 0.2) is 12.5 Å². The van der Waals surface area contributed by atoms with Gasteiger partial charge < -0.3 is 9.67 Å². The maximum Gasteiger partial charge on any atom is 0.177 e. The normalized spacial score (nSPS) is 12.9. The standard InChI is InChI=1S/C9H14N6O/c1-3-15-6-10-5-7(15)8(16)4-9-11-13-14(2)12-9/h5-6,8,16H,3-4H2,1-2H3. The predicted octanol–water partition coefficient (Wildman–Crippen LogP) is -0.297. The monoisotopic (exact) mass is 222 g/mol. The minimum absolute atomic E-state index is 0.347. The molecular formula is C9H14N6O. The van der Waals surface area contributed by atoms with Gasteiger partial charge >= 0.3 is 0 Å². The van der Waals surface area contributed by atoms with Gasteiger partial charge in [0.2, 0.25) is 0 Å². The summed E-state index contributed by atoms with van der Waals surface area (Å²) in [5.41, 5.74) is 0.773. The topological polar surface area (TPSA) is 81.6 Å². The van der Waals surface area contributed by atoms with E-state index in [2.05, 4.69) is 20.4 Å². The fourth-order valence-corrected chi connectivity index (χ4v) is 1.56. The molecule has 86 valence electrons. The summed E-state index contributed by atoms with van der Waals surface area (Å²) < 4.78 is 1.89. The highest BCUT2D eigenvalue weighted by molar-refractivity contribution is 5.04. The molecule has 2 aromatic heterocycles. The van der Waals surface area contributed by atoms with Crippen LogP contribution in [0.4, 0.5) is 0 Å². The molecule has 7 heteroatoms. The number of aliphatic hydroxyl groups excluding tert-OH is 1. The van der Waals surface area contributed by atoms with Crippen molar-refractivity contribution < 1.29 is 5.11 Å². The number of aromatic nitrogens is 6. The van der Waals surface area contributed by atoms with Crippen molar-refractivity contribution in [1.82, 2.24) is 29.8 Å². The first-order valence-electron chi connectivity index (χ1n) is 5.11. The van der Waals surface area contributed by atoms with E-state index in [1.54, 1.807) is 19.6 Å². The van der Waals surface area contributed by atoms with Crippen LogP contribution in [0.2, 0.25) is 0 Å². The minimum atomic E-state index is -0.647. The lowest BCUT2D eigenvalue weighted by Gasteiger charge is -2.10. The van der Waals surface area contributed by atoms with Crippen LogP contribution >= 0.6 is 0 Å². The van der Waals surface area contributed by atoms with Crippen molar-refractivity contribution >= 4 is 0 Å². The summed E-state index contributed by atoms with van der Waals surface area (Å²) >= 11 is 0. The molecule has 1 atom stereocenters. The molecule has 0 bridgehead atoms. The van der Waals surface area contributed by atoms with Crippen LogP contribution in [-0.2, 0) is 20.0 Å². The van der Waals surface area contributed by atoms with Crippen molar-refractivity contribution in [3.63, 3.8) is 0 Å². The van der Waals surface area contributed by atoms with Crippen LogP contribution in [0, 0.1) is 0 Å². The van der Waals surface area contributed by atoms with Gasteiger partial charge in [-0.1, -0.05) is 0 Å². The molecule has 0 aliphatic carbocycles. The summed E-state index contributed by atoms with van der Waals surface area (Å²) in [6.07, 6.45) is 3.05. The van der Waals surface area contributed by atoms with Crippen LogP contribution < -0.4 is 0 Å². The van der Waals surface area contributed by atoms with Gasteiger partial charge in [-0.25, -0.2) is 4.98 Å². The van der Waals surface area contributed by atoms with E-state index in [0.29, 0.717) is 12.2 Å². The summed E-state index contributed by atoms with van der Waals surface area (Å²) in [5, 5.41) is 21.6. The van der Waals surface area contributed by atoms with Gasteiger partial charge in [0.25, 0.3) is 0 Å². The molecule has 0 aliphatic heterocycles. The second-order valence-corrected chi connectivity index (χ2v) is 3.52. The molecular weight excluding hydrogens is 208 g/mol. The van der Waals surface area contributed by atoms with E-state index in [9.17, 15) is 5.11 Å². The van der Waals surface area contributed by atoms with Crippen molar-refractivity contribution in [2.24, 2.45) is 7.05 Å². The minimum Gasteiger partial charge on any atom is -0.386 e. The fraction of sp³-hybridized carbons (Fsp3) is 0.556. The molecule has 0 amide bonds. The number of aliphatic hydroxyl groups is 1. The highest BCUT2D eigenvalue weighted by Crippen LogP contribution is 2.15. The van der Waals surface area contributed by atoms with E-state index in [0.717, 1.165) is 12.2 Å². The second kappa shape index (κ2) is 4.40. The van der Waals surface area contributed by atoms with Crippen LogP contribution in [-0.4, -0.2) is 34.9 Å². The number of hydrogen-bond donors (Lipinski definition) is 1. The summed E-state index contributed by atoms with van der Waals surface area (Å²) in [7, 11) is 1.69. The Kier molecular flexibility index (Phi) is 2.95. The van der Waals surface area contributed by atoms with Gasteiger partial charge in [0.05, 0.1) is 25.3 Å². The molecule has 2 heterocycles. The third kappa shape index (κ3) is 2.08. The lowest BCUT2D eigenvalue weighted by Crippen LogP contribution is -2.09. The highest BCUT2D eigenvalue weighted by atomic mass is 16.3. The zero-order valence-corrected chi connectivity index (χ0v) is 9.28. The summed E-state index contributed by atoms with van der Waals surface area (Å²) in [6, 6.07) is 0. The Bertz CT molecular complexity index is 462. The van der Waals surface area contributed by atoms with Crippen molar-refractivity contribution in [1.29, 1.82) is 0 Å². The lowest BCUT2D eigenvalue weighted by molar-refractivity contribution is 0.166. The van der Waals surface area contributed by atoms with E-state index in [1.807, 2.05) is 11.5 Å². The lowest BCUT2D eigenvalue weighted by atomic mass is 10.2. The summed E-state index contributed by atoms with van der Waals surface area (Å²) in [5.74, 6) is 0.527. The smallest absolute Gasteiger partial charge is 0.177 e. The number of aryl methyl sites for hydroxylation is 2. The summed E-state index contributed by atoms with van der Waals surface area (Å²) in [6.45, 7) is 2.78. The zero-order chi connectivity index (χ0) is 11.5. The SMILES string of the molecule is CCn1cncc1C(O)Cc1nnn(C)n1. The molecule has 2 rings (SSSR count). The first-order chi connectivity index (χ1) is 7.70. The molecule has 2 aromatic rings. The van der Waals surface area contributed by atoms with Gasteiger partial charge in [0.15, 0.2) is 5.82 Å². The molecule has 0 saturated carbocycles. The molecule has 7 nitrogen and oxygen atoms in total. The Hall–Kier alpha value is -1.76. The quantitative estimate of drug-likeness (QED) is 0.768. The van der Waals surface area contributed by atoms with E-state index >= 15 is 0 Å². The molecule has 16 heavy (non-hydrogen) atoms. The average molecular weight is 222 g/mol.